The van der Waals surface area contributed by atoms with E-state index < -0.39 is 5.97 Å². The first-order valence-corrected chi connectivity index (χ1v) is 13.7. The Balaban J connectivity index is 1.58. The molecule has 184 valence electrons. The second-order valence-corrected chi connectivity index (χ2v) is 10.7. The predicted octanol–water partition coefficient (Wildman–Crippen LogP) is 5.76. The lowest BCUT2D eigenvalue weighted by molar-refractivity contribution is -0.664. The maximum absolute atomic E-state index is 11.3. The summed E-state index contributed by atoms with van der Waals surface area (Å²) in [6.45, 7) is 5.57. The highest BCUT2D eigenvalue weighted by Gasteiger charge is 2.26. The van der Waals surface area contributed by atoms with Crippen LogP contribution in [0.3, 0.4) is 0 Å². The number of aryl methyl sites for hydroxylation is 1. The molecule has 0 spiro atoms. The Kier molecular flexibility index (Phi) is 7.03. The van der Waals surface area contributed by atoms with Crippen LogP contribution in [0.1, 0.15) is 31.7 Å². The van der Waals surface area contributed by atoms with E-state index in [9.17, 15) is 9.90 Å². The van der Waals surface area contributed by atoms with E-state index >= 15 is 0 Å². The Morgan fingerprint density at radius 3 is 2.72 bits per heavy atom. The molecule has 5 rings (SSSR count). The molecule has 0 amide bonds. The molecular formula is C29H28N2O3S2. The number of methoxy groups -OCH3 is 1. The zero-order valence-electron chi connectivity index (χ0n) is 20.6. The summed E-state index contributed by atoms with van der Waals surface area (Å²) < 4.78 is 9.09. The molecule has 1 aromatic heterocycles. The van der Waals surface area contributed by atoms with Crippen LogP contribution >= 0.6 is 23.1 Å². The van der Waals surface area contributed by atoms with Crippen molar-refractivity contribution in [1.29, 1.82) is 0 Å². The van der Waals surface area contributed by atoms with Gasteiger partial charge in [0.1, 0.15) is 17.0 Å². The van der Waals surface area contributed by atoms with Gasteiger partial charge in [0.15, 0.2) is 0 Å². The second-order valence-electron chi connectivity index (χ2n) is 8.58. The number of thioether (sulfide) groups is 1. The Morgan fingerprint density at radius 1 is 1.14 bits per heavy atom. The van der Waals surface area contributed by atoms with Crippen molar-refractivity contribution in [2.45, 2.75) is 38.1 Å². The molecule has 3 aromatic carbocycles. The molecule has 0 saturated heterocycles. The minimum atomic E-state index is -1.05. The average molecular weight is 517 g/mol. The minimum Gasteiger partial charge on any atom is -0.550 e. The number of hydrogen-bond donors (Lipinski definition) is 0. The quantitative estimate of drug-likeness (QED) is 0.279. The van der Waals surface area contributed by atoms with Gasteiger partial charge >= 0.3 is 0 Å². The van der Waals surface area contributed by atoms with Crippen molar-refractivity contribution in [3.05, 3.63) is 76.3 Å². The van der Waals surface area contributed by atoms with Crippen molar-refractivity contribution >= 4 is 61.8 Å². The summed E-state index contributed by atoms with van der Waals surface area (Å²) in [7, 11) is 1.64. The number of nitrogens with zero attached hydrogens (tertiary/aromatic N) is 2. The van der Waals surface area contributed by atoms with Crippen molar-refractivity contribution < 1.29 is 19.2 Å². The van der Waals surface area contributed by atoms with E-state index in [1.54, 1.807) is 30.2 Å². The van der Waals surface area contributed by atoms with Crippen molar-refractivity contribution in [3.63, 3.8) is 0 Å². The van der Waals surface area contributed by atoms with E-state index in [-0.39, 0.29) is 6.42 Å². The van der Waals surface area contributed by atoms with Crippen LogP contribution in [-0.2, 0) is 11.3 Å². The SMILES string of the molecule is CCC(=Cc1sc2ccc3ccccc3c2[n+]1CC)C=C1Sc2ccc(OC)cc2N1CCC(=O)[O-]. The molecule has 0 atom stereocenters. The van der Waals surface area contributed by atoms with Gasteiger partial charge in [-0.25, -0.2) is 0 Å². The summed E-state index contributed by atoms with van der Waals surface area (Å²) >= 11 is 3.47. The number of ether oxygens (including phenoxy) is 1. The van der Waals surface area contributed by atoms with Crippen molar-refractivity contribution in [3.8, 4) is 5.75 Å². The Hall–Kier alpha value is -3.29. The maximum Gasteiger partial charge on any atom is 0.263 e. The van der Waals surface area contributed by atoms with Crippen LogP contribution in [0, 0.1) is 0 Å². The summed E-state index contributed by atoms with van der Waals surface area (Å²) in [5, 5.41) is 16.0. The molecule has 36 heavy (non-hydrogen) atoms. The van der Waals surface area contributed by atoms with E-state index in [1.807, 2.05) is 18.2 Å². The summed E-state index contributed by atoms with van der Waals surface area (Å²) in [6, 6.07) is 18.9. The Morgan fingerprint density at radius 2 is 1.97 bits per heavy atom. The largest absolute Gasteiger partial charge is 0.550 e. The number of carbonyl (C=O) groups is 1. The van der Waals surface area contributed by atoms with Gasteiger partial charge in [-0.2, -0.15) is 4.57 Å². The van der Waals surface area contributed by atoms with Crippen LogP contribution in [0.2, 0.25) is 0 Å². The number of fused-ring (bicyclic) bond motifs is 4. The monoisotopic (exact) mass is 516 g/mol. The van der Waals surface area contributed by atoms with Crippen LogP contribution in [-0.4, -0.2) is 19.6 Å². The number of carboxylic acid groups (broad SMARTS) is 1. The fraction of sp³-hybridized carbons (Fsp3) is 0.241. The molecule has 0 fully saturated rings. The zero-order valence-corrected chi connectivity index (χ0v) is 22.2. The van der Waals surface area contributed by atoms with Crippen LogP contribution in [0.15, 0.2) is 76.2 Å². The van der Waals surface area contributed by atoms with Crippen molar-refractivity contribution in [2.75, 3.05) is 18.6 Å². The number of carbonyl (C=O) groups excluding carboxylic acids is 1. The van der Waals surface area contributed by atoms with Gasteiger partial charge in [-0.15, -0.1) is 0 Å². The van der Waals surface area contributed by atoms with Gasteiger partial charge in [-0.05, 0) is 54.6 Å². The van der Waals surface area contributed by atoms with E-state index in [1.165, 1.54) is 31.6 Å². The molecule has 0 bridgehead atoms. The van der Waals surface area contributed by atoms with E-state index in [0.29, 0.717) is 6.54 Å². The molecule has 0 saturated carbocycles. The lowest BCUT2D eigenvalue weighted by Gasteiger charge is -2.21. The normalized spacial score (nSPS) is 14.7. The Bertz CT molecular complexity index is 1520. The zero-order chi connectivity index (χ0) is 25.2. The van der Waals surface area contributed by atoms with Crippen LogP contribution in [0.5, 0.6) is 5.75 Å². The summed E-state index contributed by atoms with van der Waals surface area (Å²) in [5.74, 6) is -0.301. The summed E-state index contributed by atoms with van der Waals surface area (Å²) in [4.78, 5) is 14.4. The Labute approximate surface area is 219 Å². The van der Waals surface area contributed by atoms with Crippen molar-refractivity contribution in [2.24, 2.45) is 0 Å². The second kappa shape index (κ2) is 10.4. The third-order valence-electron chi connectivity index (χ3n) is 6.43. The first kappa shape index (κ1) is 24.4. The molecule has 0 radical (unpaired) electrons. The molecule has 2 heterocycles. The highest BCUT2D eigenvalue weighted by molar-refractivity contribution is 8.03. The van der Waals surface area contributed by atoms with Crippen LogP contribution < -0.4 is 19.3 Å². The number of hydrogen-bond acceptors (Lipinski definition) is 6. The third kappa shape index (κ3) is 4.61. The van der Waals surface area contributed by atoms with Gasteiger partial charge in [0, 0.05) is 36.0 Å². The fourth-order valence-electron chi connectivity index (χ4n) is 4.61. The van der Waals surface area contributed by atoms with Gasteiger partial charge in [0.25, 0.3) is 5.01 Å². The smallest absolute Gasteiger partial charge is 0.263 e. The van der Waals surface area contributed by atoms with Crippen LogP contribution in [0.25, 0.3) is 27.1 Å². The number of rotatable bonds is 8. The number of aliphatic carboxylic acids is 1. The number of anilines is 1. The molecule has 4 aromatic rings. The number of aromatic nitrogens is 1. The standard InChI is InChI=1S/C29H28N2O3S2/c1-4-19(16-26-30(5-2)29-22-9-7-6-8-20(22)10-12-25(29)36-26)17-27-31(15-14-28(32)33)23-18-21(34-3)11-13-24(23)35-27/h6-13,16-18H,4-5,14-15H2,1-3H3. The lowest BCUT2D eigenvalue weighted by atomic mass is 10.1. The molecular weight excluding hydrogens is 488 g/mol. The average Bonchev–Trinajstić information content (AvgIpc) is 3.43. The van der Waals surface area contributed by atoms with E-state index in [4.69, 9.17) is 4.74 Å². The summed E-state index contributed by atoms with van der Waals surface area (Å²) in [6.07, 6.45) is 5.28. The number of allylic oxidation sites excluding steroid dienone is 2. The number of carboxylic acids is 1. The topological polar surface area (TPSA) is 56.5 Å². The predicted molar refractivity (Wildman–Crippen MR) is 147 cm³/mol. The highest BCUT2D eigenvalue weighted by atomic mass is 32.2. The van der Waals surface area contributed by atoms with Gasteiger partial charge in [-0.1, -0.05) is 54.3 Å². The third-order valence-corrected chi connectivity index (χ3v) is 8.64. The van der Waals surface area contributed by atoms with Gasteiger partial charge in [0.05, 0.1) is 23.2 Å². The molecule has 1 aliphatic heterocycles. The number of benzene rings is 3. The first-order chi connectivity index (χ1) is 17.5. The van der Waals surface area contributed by atoms with Gasteiger partial charge in [0.2, 0.25) is 5.52 Å². The minimum absolute atomic E-state index is 0.0427. The van der Waals surface area contributed by atoms with Gasteiger partial charge < -0.3 is 19.5 Å². The molecule has 5 nitrogen and oxygen atoms in total. The first-order valence-electron chi connectivity index (χ1n) is 12.1. The molecule has 0 aliphatic carbocycles. The van der Waals surface area contributed by atoms with E-state index in [0.717, 1.165) is 34.3 Å². The van der Waals surface area contributed by atoms with Crippen molar-refractivity contribution in [1.82, 2.24) is 0 Å². The van der Waals surface area contributed by atoms with Gasteiger partial charge in [-0.3, -0.25) is 0 Å². The van der Waals surface area contributed by atoms with Crippen LogP contribution in [0.4, 0.5) is 5.69 Å². The molecule has 1 aliphatic rings. The van der Waals surface area contributed by atoms with E-state index in [2.05, 4.69) is 71.9 Å². The molecule has 0 N–H and O–H groups in total. The molecule has 7 heteroatoms. The fourth-order valence-corrected chi connectivity index (χ4v) is 6.97. The highest BCUT2D eigenvalue weighted by Crippen LogP contribution is 2.48. The number of thiazole rings is 1. The lowest BCUT2D eigenvalue weighted by Crippen LogP contribution is -2.33. The maximum atomic E-state index is 11.3. The molecule has 0 unspecified atom stereocenters. The summed E-state index contributed by atoms with van der Waals surface area (Å²) in [5.41, 5.74) is 3.44.